The molecule has 0 spiro atoms. The van der Waals surface area contributed by atoms with Gasteiger partial charge in [0.1, 0.15) is 18.1 Å². The molecule has 0 bridgehead atoms. The zero-order valence-electron chi connectivity index (χ0n) is 13.4. The SMILES string of the molecule is CC(C)CC(=O)NC(=S)Nc1ccc(Cl)c(-c2ccc(CO)o2)c1. The van der Waals surface area contributed by atoms with E-state index in [1.807, 2.05) is 13.8 Å². The van der Waals surface area contributed by atoms with Crippen LogP contribution in [0.4, 0.5) is 5.69 Å². The van der Waals surface area contributed by atoms with Gasteiger partial charge in [-0.25, -0.2) is 0 Å². The Balaban J connectivity index is 2.10. The summed E-state index contributed by atoms with van der Waals surface area (Å²) in [6.45, 7) is 3.75. The molecule has 5 nitrogen and oxygen atoms in total. The number of halogens is 1. The molecule has 0 saturated carbocycles. The lowest BCUT2D eigenvalue weighted by Crippen LogP contribution is -2.34. The fourth-order valence-electron chi connectivity index (χ4n) is 2.11. The van der Waals surface area contributed by atoms with Gasteiger partial charge >= 0.3 is 0 Å². The number of furan rings is 1. The van der Waals surface area contributed by atoms with Crippen LogP contribution in [0.5, 0.6) is 0 Å². The van der Waals surface area contributed by atoms with E-state index in [2.05, 4.69) is 10.6 Å². The van der Waals surface area contributed by atoms with Crippen LogP contribution in [0.3, 0.4) is 0 Å². The van der Waals surface area contributed by atoms with E-state index in [-0.39, 0.29) is 23.5 Å². The first-order valence-electron chi connectivity index (χ1n) is 7.49. The minimum atomic E-state index is -0.179. The van der Waals surface area contributed by atoms with Crippen LogP contribution in [0.2, 0.25) is 5.02 Å². The van der Waals surface area contributed by atoms with E-state index in [1.165, 1.54) is 0 Å². The van der Waals surface area contributed by atoms with E-state index in [1.54, 1.807) is 30.3 Å². The average Bonchev–Trinajstić information content (AvgIpc) is 2.97. The fourth-order valence-corrected chi connectivity index (χ4v) is 2.55. The number of aliphatic hydroxyl groups excluding tert-OH is 1. The molecule has 1 aromatic heterocycles. The van der Waals surface area contributed by atoms with Crippen molar-refractivity contribution in [3.63, 3.8) is 0 Å². The first-order chi connectivity index (χ1) is 11.4. The minimum Gasteiger partial charge on any atom is -0.459 e. The van der Waals surface area contributed by atoms with Crippen LogP contribution < -0.4 is 10.6 Å². The first kappa shape index (κ1) is 18.4. The molecule has 2 rings (SSSR count). The quantitative estimate of drug-likeness (QED) is 0.698. The van der Waals surface area contributed by atoms with Crippen molar-refractivity contribution < 1.29 is 14.3 Å². The standard InChI is InChI=1S/C17H19ClN2O3S/c1-10(2)7-16(22)20-17(24)19-11-3-5-14(18)13(8-11)15-6-4-12(9-21)23-15/h3-6,8,10,21H,7,9H2,1-2H3,(H2,19,20,22,24). The van der Waals surface area contributed by atoms with E-state index in [0.29, 0.717) is 34.2 Å². The number of carbonyl (C=O) groups is 1. The molecule has 24 heavy (non-hydrogen) atoms. The Kier molecular flexibility index (Phi) is 6.36. The van der Waals surface area contributed by atoms with Gasteiger partial charge in [0.15, 0.2) is 5.11 Å². The highest BCUT2D eigenvalue weighted by molar-refractivity contribution is 7.80. The lowest BCUT2D eigenvalue weighted by atomic mass is 10.1. The molecule has 128 valence electrons. The maximum atomic E-state index is 11.7. The smallest absolute Gasteiger partial charge is 0.226 e. The van der Waals surface area contributed by atoms with Gasteiger partial charge in [0.05, 0.1) is 5.02 Å². The predicted molar refractivity (Wildman–Crippen MR) is 98.9 cm³/mol. The molecular weight excluding hydrogens is 348 g/mol. The van der Waals surface area contributed by atoms with Gasteiger partial charge in [-0.2, -0.15) is 0 Å². The Hall–Kier alpha value is -1.89. The molecule has 1 amide bonds. The molecule has 1 heterocycles. The number of hydrogen-bond acceptors (Lipinski definition) is 4. The fraction of sp³-hybridized carbons (Fsp3) is 0.294. The first-order valence-corrected chi connectivity index (χ1v) is 8.28. The van der Waals surface area contributed by atoms with Crippen molar-refractivity contribution >= 4 is 40.5 Å². The van der Waals surface area contributed by atoms with Gasteiger partial charge in [-0.3, -0.25) is 4.79 Å². The van der Waals surface area contributed by atoms with E-state index < -0.39 is 0 Å². The Morgan fingerprint density at radius 2 is 2.08 bits per heavy atom. The van der Waals surface area contributed by atoms with Crippen LogP contribution in [0.25, 0.3) is 11.3 Å². The summed E-state index contributed by atoms with van der Waals surface area (Å²) in [5.41, 5.74) is 1.34. The van der Waals surface area contributed by atoms with E-state index in [0.717, 1.165) is 0 Å². The van der Waals surface area contributed by atoms with E-state index in [4.69, 9.17) is 33.3 Å². The summed E-state index contributed by atoms with van der Waals surface area (Å²) in [5.74, 6) is 1.13. The van der Waals surface area contributed by atoms with E-state index >= 15 is 0 Å². The Morgan fingerprint density at radius 1 is 1.33 bits per heavy atom. The van der Waals surface area contributed by atoms with Gasteiger partial charge < -0.3 is 20.2 Å². The van der Waals surface area contributed by atoms with Crippen LogP contribution in [-0.4, -0.2) is 16.1 Å². The van der Waals surface area contributed by atoms with Crippen molar-refractivity contribution in [1.82, 2.24) is 5.32 Å². The van der Waals surface area contributed by atoms with Crippen molar-refractivity contribution in [2.24, 2.45) is 5.92 Å². The van der Waals surface area contributed by atoms with Crippen molar-refractivity contribution in [1.29, 1.82) is 0 Å². The minimum absolute atomic E-state index is 0.129. The van der Waals surface area contributed by atoms with Crippen molar-refractivity contribution in [3.05, 3.63) is 41.1 Å². The van der Waals surface area contributed by atoms with Gasteiger partial charge in [0.25, 0.3) is 0 Å². The second-order valence-electron chi connectivity index (χ2n) is 5.72. The molecule has 0 unspecified atom stereocenters. The van der Waals surface area contributed by atoms with Gasteiger partial charge in [-0.15, -0.1) is 0 Å². The van der Waals surface area contributed by atoms with Crippen molar-refractivity contribution in [2.45, 2.75) is 26.9 Å². The second kappa shape index (κ2) is 8.28. The maximum absolute atomic E-state index is 11.7. The Labute approximate surface area is 151 Å². The number of aliphatic hydroxyl groups is 1. The molecule has 0 atom stereocenters. The van der Waals surface area contributed by atoms with Crippen LogP contribution >= 0.6 is 23.8 Å². The van der Waals surface area contributed by atoms with Gasteiger partial charge in [-0.05, 0) is 48.5 Å². The number of anilines is 1. The number of amides is 1. The molecule has 0 radical (unpaired) electrons. The largest absolute Gasteiger partial charge is 0.459 e. The zero-order valence-corrected chi connectivity index (χ0v) is 15.0. The molecular formula is C17H19ClN2O3S. The topological polar surface area (TPSA) is 74.5 Å². The Bertz CT molecular complexity index is 743. The lowest BCUT2D eigenvalue weighted by molar-refractivity contribution is -0.120. The molecule has 0 aliphatic rings. The Morgan fingerprint density at radius 3 is 2.71 bits per heavy atom. The second-order valence-corrected chi connectivity index (χ2v) is 6.53. The summed E-state index contributed by atoms with van der Waals surface area (Å²) in [4.78, 5) is 11.7. The summed E-state index contributed by atoms with van der Waals surface area (Å²) in [5, 5.41) is 15.4. The molecule has 0 aliphatic carbocycles. The molecule has 7 heteroatoms. The third-order valence-corrected chi connectivity index (χ3v) is 3.69. The van der Waals surface area contributed by atoms with E-state index in [9.17, 15) is 4.79 Å². The monoisotopic (exact) mass is 366 g/mol. The molecule has 0 aliphatic heterocycles. The number of nitrogens with one attached hydrogen (secondary N) is 2. The maximum Gasteiger partial charge on any atom is 0.226 e. The van der Waals surface area contributed by atoms with Crippen LogP contribution in [0.1, 0.15) is 26.0 Å². The number of thiocarbonyl (C=S) groups is 1. The summed E-state index contributed by atoms with van der Waals surface area (Å²) < 4.78 is 5.50. The van der Waals surface area contributed by atoms with Crippen LogP contribution in [0, 0.1) is 5.92 Å². The summed E-state index contributed by atoms with van der Waals surface area (Å²) in [7, 11) is 0. The highest BCUT2D eigenvalue weighted by atomic mass is 35.5. The summed E-state index contributed by atoms with van der Waals surface area (Å²) >= 11 is 11.4. The molecule has 0 saturated heterocycles. The zero-order chi connectivity index (χ0) is 17.7. The molecule has 1 aromatic carbocycles. The molecule has 3 N–H and O–H groups in total. The molecule has 0 fully saturated rings. The van der Waals surface area contributed by atoms with Crippen LogP contribution in [-0.2, 0) is 11.4 Å². The van der Waals surface area contributed by atoms with Crippen molar-refractivity contribution in [3.8, 4) is 11.3 Å². The van der Waals surface area contributed by atoms with Crippen molar-refractivity contribution in [2.75, 3.05) is 5.32 Å². The average molecular weight is 367 g/mol. The summed E-state index contributed by atoms with van der Waals surface area (Å²) in [6.07, 6.45) is 0.407. The summed E-state index contributed by atoms with van der Waals surface area (Å²) in [6, 6.07) is 8.65. The van der Waals surface area contributed by atoms with Gasteiger partial charge in [0, 0.05) is 17.7 Å². The lowest BCUT2D eigenvalue weighted by Gasteiger charge is -2.12. The van der Waals surface area contributed by atoms with Gasteiger partial charge in [0.2, 0.25) is 5.91 Å². The third kappa shape index (κ3) is 5.06. The highest BCUT2D eigenvalue weighted by Gasteiger charge is 2.11. The highest BCUT2D eigenvalue weighted by Crippen LogP contribution is 2.32. The number of carbonyl (C=O) groups excluding carboxylic acids is 1. The predicted octanol–water partition coefficient (Wildman–Crippen LogP) is 3.95. The number of benzene rings is 1. The normalized spacial score (nSPS) is 10.7. The van der Waals surface area contributed by atoms with Gasteiger partial charge in [-0.1, -0.05) is 25.4 Å². The third-order valence-electron chi connectivity index (χ3n) is 3.15. The number of hydrogen-bond donors (Lipinski definition) is 3. The number of rotatable bonds is 5. The molecule has 2 aromatic rings. The van der Waals surface area contributed by atoms with Crippen LogP contribution in [0.15, 0.2) is 34.7 Å².